The molecule has 0 aromatic heterocycles. The zero-order valence-electron chi connectivity index (χ0n) is 16.6. The van der Waals surface area contributed by atoms with Gasteiger partial charge in [-0.25, -0.2) is 23.2 Å². The molecule has 1 fully saturated rings. The van der Waals surface area contributed by atoms with E-state index in [1.165, 1.54) is 0 Å². The number of fused-ring (bicyclic) bond motifs is 1. The van der Waals surface area contributed by atoms with E-state index in [2.05, 4.69) is 15.0 Å². The van der Waals surface area contributed by atoms with E-state index in [-0.39, 0.29) is 6.04 Å². The van der Waals surface area contributed by atoms with E-state index in [0.29, 0.717) is 10.3 Å². The average Bonchev–Trinajstić information content (AvgIpc) is 3.18. The molecule has 8 heteroatoms. The number of quaternary nitrogens is 1. The Hall–Kier alpha value is -3.39. The smallest absolute Gasteiger partial charge is 0.225 e. The summed E-state index contributed by atoms with van der Waals surface area (Å²) in [5.74, 6) is -2.75. The molecular formula is C23H20F3N4O+. The van der Waals surface area contributed by atoms with Crippen molar-refractivity contribution in [1.29, 1.82) is 0 Å². The molecule has 1 saturated carbocycles. The SMILES string of the molecule is Fc1ccc(F)c(COc2cccc(N(C3CCC3)[N+]34C=CN=CC3=CN=C4)c2)c1F. The number of hydrogen-bond donors (Lipinski definition) is 0. The number of ether oxygens (including phenoxy) is 1. The van der Waals surface area contributed by atoms with E-state index in [1.54, 1.807) is 24.7 Å². The van der Waals surface area contributed by atoms with Crippen molar-refractivity contribution in [3.63, 3.8) is 0 Å². The van der Waals surface area contributed by atoms with Crippen LogP contribution in [0.2, 0.25) is 0 Å². The first-order chi connectivity index (χ1) is 15.1. The van der Waals surface area contributed by atoms with Gasteiger partial charge >= 0.3 is 0 Å². The summed E-state index contributed by atoms with van der Waals surface area (Å²) in [6.45, 7) is -0.415. The molecule has 1 atom stereocenters. The lowest BCUT2D eigenvalue weighted by atomic mass is 9.91. The molecule has 2 heterocycles. The molecule has 1 unspecified atom stereocenters. The highest BCUT2D eigenvalue weighted by Gasteiger charge is 2.46. The Morgan fingerprint density at radius 2 is 1.90 bits per heavy atom. The molecular weight excluding hydrogens is 405 g/mol. The Labute approximate surface area is 177 Å². The van der Waals surface area contributed by atoms with Crippen molar-refractivity contribution in [3.05, 3.63) is 83.7 Å². The lowest BCUT2D eigenvalue weighted by Crippen LogP contribution is -2.61. The van der Waals surface area contributed by atoms with Gasteiger partial charge in [-0.1, -0.05) is 6.07 Å². The fourth-order valence-corrected chi connectivity index (χ4v) is 4.01. The van der Waals surface area contributed by atoms with Crippen LogP contribution in [-0.4, -0.2) is 23.2 Å². The van der Waals surface area contributed by atoms with Gasteiger partial charge in [0.15, 0.2) is 17.8 Å². The molecule has 1 aliphatic carbocycles. The molecule has 5 rings (SSSR count). The van der Waals surface area contributed by atoms with Gasteiger partial charge in [0, 0.05) is 6.07 Å². The topological polar surface area (TPSA) is 37.2 Å². The quantitative estimate of drug-likeness (QED) is 0.471. The van der Waals surface area contributed by atoms with Crippen LogP contribution in [0.4, 0.5) is 18.9 Å². The van der Waals surface area contributed by atoms with Gasteiger partial charge in [0.25, 0.3) is 0 Å². The van der Waals surface area contributed by atoms with Crippen molar-refractivity contribution in [3.8, 4) is 5.75 Å². The van der Waals surface area contributed by atoms with Crippen molar-refractivity contribution in [2.24, 2.45) is 9.98 Å². The molecule has 2 aromatic carbocycles. The molecule has 0 N–H and O–H groups in total. The van der Waals surface area contributed by atoms with Crippen LogP contribution in [0.25, 0.3) is 0 Å². The fraction of sp³-hybridized carbons (Fsp3) is 0.217. The minimum absolute atomic E-state index is 0.289. The maximum Gasteiger partial charge on any atom is 0.225 e. The summed E-state index contributed by atoms with van der Waals surface area (Å²) in [5.41, 5.74) is 1.36. The number of anilines is 1. The molecule has 2 aliphatic heterocycles. The number of nitrogens with zero attached hydrogens (tertiary/aromatic N) is 4. The molecule has 0 amide bonds. The van der Waals surface area contributed by atoms with Gasteiger partial charge < -0.3 is 4.74 Å². The van der Waals surface area contributed by atoms with Gasteiger partial charge in [0.2, 0.25) is 12.0 Å². The standard InChI is InChI=1S/C23H20F3N4O/c24-21-7-8-22(25)23(26)20(21)14-31-19-6-2-5-17(11-19)29(16-3-1-4-16)30-10-9-27-12-18(30)13-28-15-30/h2,5-13,15-16H,1,3-4,14H2/q+1. The predicted molar refractivity (Wildman–Crippen MR) is 112 cm³/mol. The second kappa shape index (κ2) is 7.70. The molecule has 0 radical (unpaired) electrons. The normalized spacial score (nSPS) is 21.6. The number of hydrogen-bond acceptors (Lipinski definition) is 4. The third-order valence-corrected chi connectivity index (χ3v) is 5.83. The number of aliphatic imine (C=N–C) groups is 2. The Balaban J connectivity index is 1.45. The van der Waals surface area contributed by atoms with Crippen molar-refractivity contribution >= 4 is 18.2 Å². The third kappa shape index (κ3) is 3.33. The third-order valence-electron chi connectivity index (χ3n) is 5.83. The first-order valence-corrected chi connectivity index (χ1v) is 10.1. The van der Waals surface area contributed by atoms with Crippen LogP contribution in [-0.2, 0) is 6.61 Å². The number of rotatable bonds is 6. The van der Waals surface area contributed by atoms with Crippen molar-refractivity contribution in [2.75, 3.05) is 5.01 Å². The Bertz CT molecular complexity index is 1140. The van der Waals surface area contributed by atoms with Crippen molar-refractivity contribution in [1.82, 2.24) is 0 Å². The highest BCUT2D eigenvalue weighted by atomic mass is 19.2. The fourth-order valence-electron chi connectivity index (χ4n) is 4.01. The van der Waals surface area contributed by atoms with E-state index in [0.717, 1.165) is 42.8 Å². The summed E-state index contributed by atoms with van der Waals surface area (Å²) in [6, 6.07) is 9.27. The average molecular weight is 425 g/mol. The lowest BCUT2D eigenvalue weighted by Gasteiger charge is -2.46. The number of halogens is 3. The molecule has 5 nitrogen and oxygen atoms in total. The van der Waals surface area contributed by atoms with Crippen LogP contribution in [0.5, 0.6) is 5.75 Å². The lowest BCUT2D eigenvalue weighted by molar-refractivity contribution is -0.746. The highest BCUT2D eigenvalue weighted by molar-refractivity contribution is 5.82. The van der Waals surface area contributed by atoms with E-state index in [1.807, 2.05) is 30.7 Å². The maximum atomic E-state index is 14.0. The maximum absolute atomic E-state index is 14.0. The summed E-state index contributed by atoms with van der Waals surface area (Å²) in [4.78, 5) is 8.59. The van der Waals surface area contributed by atoms with Gasteiger partial charge in [-0.2, -0.15) is 0 Å². The minimum Gasteiger partial charge on any atom is -0.489 e. The highest BCUT2D eigenvalue weighted by Crippen LogP contribution is 2.40. The summed E-state index contributed by atoms with van der Waals surface area (Å²) in [7, 11) is 0. The number of allylic oxidation sites excluding steroid dienone is 1. The molecule has 3 aliphatic rings. The first-order valence-electron chi connectivity index (χ1n) is 10.1. The molecule has 0 bridgehead atoms. The predicted octanol–water partition coefficient (Wildman–Crippen LogP) is 5.21. The second-order valence-electron chi connectivity index (χ2n) is 7.67. The van der Waals surface area contributed by atoms with Crippen LogP contribution in [0, 0.1) is 17.5 Å². The van der Waals surface area contributed by atoms with Crippen LogP contribution in [0.1, 0.15) is 24.8 Å². The second-order valence-corrected chi connectivity index (χ2v) is 7.67. The van der Waals surface area contributed by atoms with Gasteiger partial charge in [0.1, 0.15) is 18.2 Å². The summed E-state index contributed by atoms with van der Waals surface area (Å²) < 4.78 is 47.4. The summed E-state index contributed by atoms with van der Waals surface area (Å²) in [5, 5.41) is 2.24. The Morgan fingerprint density at radius 1 is 1.06 bits per heavy atom. The molecule has 0 spiro atoms. The molecule has 158 valence electrons. The summed E-state index contributed by atoms with van der Waals surface area (Å²) in [6.07, 6.45) is 12.3. The van der Waals surface area contributed by atoms with Gasteiger partial charge in [-0.3, -0.25) is 4.99 Å². The van der Waals surface area contributed by atoms with Crippen molar-refractivity contribution in [2.45, 2.75) is 31.9 Å². The monoisotopic (exact) mass is 425 g/mol. The van der Waals surface area contributed by atoms with Crippen LogP contribution in [0.3, 0.4) is 0 Å². The van der Waals surface area contributed by atoms with Crippen LogP contribution in [0.15, 0.2) is 70.7 Å². The van der Waals surface area contributed by atoms with Crippen molar-refractivity contribution < 1.29 is 22.5 Å². The minimum atomic E-state index is -1.23. The Morgan fingerprint density at radius 3 is 2.71 bits per heavy atom. The van der Waals surface area contributed by atoms with E-state index >= 15 is 0 Å². The first kappa shape index (κ1) is 19.6. The van der Waals surface area contributed by atoms with Crippen LogP contribution >= 0.6 is 0 Å². The van der Waals surface area contributed by atoms with Gasteiger partial charge in [0.05, 0.1) is 35.9 Å². The number of benzene rings is 2. The molecule has 31 heavy (non-hydrogen) atoms. The van der Waals surface area contributed by atoms with Gasteiger partial charge in [-0.05, 0) is 43.5 Å². The van der Waals surface area contributed by atoms with Crippen LogP contribution < -0.4 is 9.75 Å². The molecule has 2 aromatic rings. The van der Waals surface area contributed by atoms with Gasteiger partial charge in [-0.15, -0.1) is 4.59 Å². The van der Waals surface area contributed by atoms with E-state index in [9.17, 15) is 13.2 Å². The zero-order valence-corrected chi connectivity index (χ0v) is 16.6. The zero-order chi connectivity index (χ0) is 21.4. The Kier molecular flexibility index (Phi) is 4.86. The van der Waals surface area contributed by atoms with E-state index < -0.39 is 29.6 Å². The van der Waals surface area contributed by atoms with E-state index in [4.69, 9.17) is 4.74 Å². The largest absolute Gasteiger partial charge is 0.489 e. The summed E-state index contributed by atoms with van der Waals surface area (Å²) >= 11 is 0. The molecule has 0 saturated heterocycles.